The smallest absolute Gasteiger partial charge is 0.338 e. The summed E-state index contributed by atoms with van der Waals surface area (Å²) in [7, 11) is 0. The molecule has 5 heteroatoms. The van der Waals surface area contributed by atoms with Gasteiger partial charge in [-0.05, 0) is 37.3 Å². The molecule has 1 aromatic heterocycles. The van der Waals surface area contributed by atoms with Crippen molar-refractivity contribution in [1.29, 1.82) is 0 Å². The van der Waals surface area contributed by atoms with Crippen molar-refractivity contribution in [3.05, 3.63) is 53.3 Å². The predicted octanol–water partition coefficient (Wildman–Crippen LogP) is 1.91. The SMILES string of the molecule is Cc1cccc(COC(=O)c2cc(N)cc(N)c2)n1. The first-order valence-electron chi connectivity index (χ1n) is 5.80. The lowest BCUT2D eigenvalue weighted by atomic mass is 10.2. The molecule has 5 nitrogen and oxygen atoms in total. The Labute approximate surface area is 111 Å². The molecule has 0 aliphatic heterocycles. The van der Waals surface area contributed by atoms with Crippen molar-refractivity contribution in [2.24, 2.45) is 0 Å². The lowest BCUT2D eigenvalue weighted by Gasteiger charge is -2.06. The third kappa shape index (κ3) is 3.45. The van der Waals surface area contributed by atoms with Crippen LogP contribution in [0.4, 0.5) is 11.4 Å². The first kappa shape index (κ1) is 12.9. The number of nitrogens with two attached hydrogens (primary N) is 2. The van der Waals surface area contributed by atoms with Gasteiger partial charge >= 0.3 is 5.97 Å². The number of aryl methyl sites for hydroxylation is 1. The number of esters is 1. The Morgan fingerprint density at radius 2 is 1.89 bits per heavy atom. The monoisotopic (exact) mass is 257 g/mol. The zero-order valence-electron chi connectivity index (χ0n) is 10.6. The average Bonchev–Trinajstić information content (AvgIpc) is 2.35. The van der Waals surface area contributed by atoms with E-state index in [0.29, 0.717) is 22.6 Å². The summed E-state index contributed by atoms with van der Waals surface area (Å²) >= 11 is 0. The summed E-state index contributed by atoms with van der Waals surface area (Å²) in [5, 5.41) is 0. The summed E-state index contributed by atoms with van der Waals surface area (Å²) in [4.78, 5) is 16.1. The van der Waals surface area contributed by atoms with Crippen LogP contribution >= 0.6 is 0 Å². The van der Waals surface area contributed by atoms with Crippen molar-refractivity contribution in [3.8, 4) is 0 Å². The molecule has 0 fully saturated rings. The van der Waals surface area contributed by atoms with Gasteiger partial charge in [0.2, 0.25) is 0 Å². The molecule has 0 aliphatic rings. The molecule has 0 atom stereocenters. The summed E-state index contributed by atoms with van der Waals surface area (Å²) in [6, 6.07) is 10.2. The molecule has 0 spiro atoms. The fraction of sp³-hybridized carbons (Fsp3) is 0.143. The van der Waals surface area contributed by atoms with Gasteiger partial charge in [-0.3, -0.25) is 4.98 Å². The molecule has 1 heterocycles. The van der Waals surface area contributed by atoms with Crippen molar-refractivity contribution in [1.82, 2.24) is 4.98 Å². The molecule has 2 aromatic rings. The summed E-state index contributed by atoms with van der Waals surface area (Å²) in [6.45, 7) is 2.00. The minimum Gasteiger partial charge on any atom is -0.456 e. The lowest BCUT2D eigenvalue weighted by Crippen LogP contribution is -2.07. The largest absolute Gasteiger partial charge is 0.456 e. The van der Waals surface area contributed by atoms with E-state index in [-0.39, 0.29) is 6.61 Å². The van der Waals surface area contributed by atoms with Gasteiger partial charge in [0.05, 0.1) is 11.3 Å². The molecule has 2 rings (SSSR count). The molecule has 98 valence electrons. The number of hydrogen-bond acceptors (Lipinski definition) is 5. The summed E-state index contributed by atoms with van der Waals surface area (Å²) in [5.41, 5.74) is 14.0. The van der Waals surface area contributed by atoms with Crippen LogP contribution < -0.4 is 11.5 Å². The number of nitrogens with zero attached hydrogens (tertiary/aromatic N) is 1. The highest BCUT2D eigenvalue weighted by molar-refractivity contribution is 5.91. The number of ether oxygens (including phenoxy) is 1. The van der Waals surface area contributed by atoms with E-state index in [0.717, 1.165) is 5.69 Å². The molecule has 0 amide bonds. The molecular weight excluding hydrogens is 242 g/mol. The topological polar surface area (TPSA) is 91.2 Å². The fourth-order valence-electron chi connectivity index (χ4n) is 1.70. The quantitative estimate of drug-likeness (QED) is 0.647. The van der Waals surface area contributed by atoms with Gasteiger partial charge in [-0.25, -0.2) is 4.79 Å². The molecule has 0 unspecified atom stereocenters. The van der Waals surface area contributed by atoms with Gasteiger partial charge in [0.1, 0.15) is 6.61 Å². The summed E-state index contributed by atoms with van der Waals surface area (Å²) < 4.78 is 5.17. The second-order valence-corrected chi connectivity index (χ2v) is 4.23. The third-order valence-electron chi connectivity index (χ3n) is 2.51. The number of rotatable bonds is 3. The van der Waals surface area contributed by atoms with Crippen LogP contribution in [0.5, 0.6) is 0 Å². The number of nitrogen functional groups attached to an aromatic ring is 2. The van der Waals surface area contributed by atoms with Crippen LogP contribution in [-0.2, 0) is 11.3 Å². The highest BCUT2D eigenvalue weighted by Gasteiger charge is 2.09. The van der Waals surface area contributed by atoms with Crippen molar-refractivity contribution < 1.29 is 9.53 Å². The Kier molecular flexibility index (Phi) is 3.66. The minimum atomic E-state index is -0.470. The normalized spacial score (nSPS) is 10.2. The van der Waals surface area contributed by atoms with E-state index in [1.54, 1.807) is 12.1 Å². The molecule has 0 bridgehead atoms. The predicted molar refractivity (Wildman–Crippen MR) is 73.4 cm³/mol. The van der Waals surface area contributed by atoms with Crippen molar-refractivity contribution in [2.45, 2.75) is 13.5 Å². The molecule has 19 heavy (non-hydrogen) atoms. The minimum absolute atomic E-state index is 0.120. The Balaban J connectivity index is 2.05. The van der Waals surface area contributed by atoms with Gasteiger partial charge in [0.25, 0.3) is 0 Å². The first-order valence-corrected chi connectivity index (χ1v) is 5.80. The summed E-state index contributed by atoms with van der Waals surface area (Å²) in [6.07, 6.45) is 0. The van der Waals surface area contributed by atoms with E-state index < -0.39 is 5.97 Å². The maximum Gasteiger partial charge on any atom is 0.338 e. The van der Waals surface area contributed by atoms with Gasteiger partial charge in [-0.2, -0.15) is 0 Å². The number of aromatic nitrogens is 1. The molecule has 1 aromatic carbocycles. The maximum atomic E-state index is 11.8. The fourth-order valence-corrected chi connectivity index (χ4v) is 1.70. The van der Waals surface area contributed by atoms with Crippen LogP contribution in [0.15, 0.2) is 36.4 Å². The Bertz CT molecular complexity index is 591. The second kappa shape index (κ2) is 5.39. The highest BCUT2D eigenvalue weighted by atomic mass is 16.5. The van der Waals surface area contributed by atoms with E-state index in [4.69, 9.17) is 16.2 Å². The first-order chi connectivity index (χ1) is 9.04. The second-order valence-electron chi connectivity index (χ2n) is 4.23. The van der Waals surface area contributed by atoms with Crippen LogP contribution in [0.3, 0.4) is 0 Å². The zero-order valence-corrected chi connectivity index (χ0v) is 10.6. The van der Waals surface area contributed by atoms with E-state index in [9.17, 15) is 4.79 Å². The van der Waals surface area contributed by atoms with Crippen LogP contribution in [-0.4, -0.2) is 11.0 Å². The Hall–Kier alpha value is -2.56. The lowest BCUT2D eigenvalue weighted by molar-refractivity contribution is 0.0467. The van der Waals surface area contributed by atoms with Crippen LogP contribution in [0.2, 0.25) is 0 Å². The highest BCUT2D eigenvalue weighted by Crippen LogP contribution is 2.15. The van der Waals surface area contributed by atoms with Gasteiger partial charge in [0, 0.05) is 17.1 Å². The van der Waals surface area contributed by atoms with E-state index in [1.165, 1.54) is 12.1 Å². The number of benzene rings is 1. The summed E-state index contributed by atoms with van der Waals surface area (Å²) in [5.74, 6) is -0.470. The number of pyridine rings is 1. The van der Waals surface area contributed by atoms with Gasteiger partial charge < -0.3 is 16.2 Å². The van der Waals surface area contributed by atoms with Crippen molar-refractivity contribution in [3.63, 3.8) is 0 Å². The van der Waals surface area contributed by atoms with Crippen LogP contribution in [0, 0.1) is 6.92 Å². The van der Waals surface area contributed by atoms with Crippen molar-refractivity contribution >= 4 is 17.3 Å². The van der Waals surface area contributed by atoms with Crippen molar-refractivity contribution in [2.75, 3.05) is 11.5 Å². The maximum absolute atomic E-state index is 11.8. The van der Waals surface area contributed by atoms with E-state index in [2.05, 4.69) is 4.98 Å². The number of carbonyl (C=O) groups excluding carboxylic acids is 1. The number of carbonyl (C=O) groups is 1. The average molecular weight is 257 g/mol. The molecule has 0 aliphatic carbocycles. The van der Waals surface area contributed by atoms with E-state index >= 15 is 0 Å². The van der Waals surface area contributed by atoms with Gasteiger partial charge in [0.15, 0.2) is 0 Å². The molecular formula is C14H15N3O2. The van der Waals surface area contributed by atoms with Crippen LogP contribution in [0.25, 0.3) is 0 Å². The van der Waals surface area contributed by atoms with Gasteiger partial charge in [-0.15, -0.1) is 0 Å². The standard InChI is InChI=1S/C14H15N3O2/c1-9-3-2-4-13(17-9)8-19-14(18)10-5-11(15)7-12(16)6-10/h2-7H,8,15-16H2,1H3. The van der Waals surface area contributed by atoms with E-state index in [1.807, 2.05) is 19.1 Å². The molecule has 4 N–H and O–H groups in total. The van der Waals surface area contributed by atoms with Crippen LogP contribution in [0.1, 0.15) is 21.7 Å². The third-order valence-corrected chi connectivity index (χ3v) is 2.51. The van der Waals surface area contributed by atoms with Gasteiger partial charge in [-0.1, -0.05) is 6.07 Å². The number of hydrogen-bond donors (Lipinski definition) is 2. The molecule has 0 saturated carbocycles. The zero-order chi connectivity index (χ0) is 13.8. The Morgan fingerprint density at radius 3 is 2.53 bits per heavy atom. The Morgan fingerprint density at radius 1 is 1.21 bits per heavy atom. The molecule has 0 radical (unpaired) electrons. The molecule has 0 saturated heterocycles. The number of anilines is 2.